The molecule has 9 rings (SSSR count). The number of halogens is 2. The van der Waals surface area contributed by atoms with Crippen LogP contribution in [-0.4, -0.2) is 60.7 Å². The van der Waals surface area contributed by atoms with Crippen LogP contribution in [0.4, 0.5) is 8.78 Å². The number of hydrogen-bond acceptors (Lipinski definition) is 6. The third-order valence-corrected chi connectivity index (χ3v) is 16.5. The van der Waals surface area contributed by atoms with Gasteiger partial charge in [0, 0.05) is 43.5 Å². The lowest BCUT2D eigenvalue weighted by molar-refractivity contribution is -0.242. The lowest BCUT2D eigenvalue weighted by atomic mass is 9.41. The van der Waals surface area contributed by atoms with Crippen LogP contribution in [0, 0.1) is 80.5 Å². The molecule has 7 nitrogen and oxygen atoms in total. The summed E-state index contributed by atoms with van der Waals surface area (Å²) in [5, 5.41) is 15.8. The molecular weight excluding hydrogens is 662 g/mol. The first kappa shape index (κ1) is 36.0. The van der Waals surface area contributed by atoms with E-state index in [1.54, 1.807) is 5.92 Å². The fourth-order valence-corrected chi connectivity index (χ4v) is 13.7. The van der Waals surface area contributed by atoms with E-state index in [0.29, 0.717) is 62.5 Å². The van der Waals surface area contributed by atoms with E-state index in [1.807, 2.05) is 4.90 Å². The van der Waals surface area contributed by atoms with Crippen molar-refractivity contribution >= 4 is 5.91 Å². The van der Waals surface area contributed by atoms with Crippen LogP contribution in [0.5, 0.6) is 0 Å². The van der Waals surface area contributed by atoms with Gasteiger partial charge in [0.2, 0.25) is 5.91 Å². The maximum absolute atomic E-state index is 13.8. The molecule has 6 saturated carbocycles. The minimum Gasteiger partial charge on any atom is -0.389 e. The number of aliphatic hydroxyl groups is 1. The van der Waals surface area contributed by atoms with E-state index < -0.39 is 17.7 Å². The first-order valence-electron chi connectivity index (χ1n) is 20.4. The summed E-state index contributed by atoms with van der Waals surface area (Å²) >= 11 is 0. The van der Waals surface area contributed by atoms with Crippen LogP contribution in [-0.2, 0) is 25.5 Å². The number of amides is 1. The van der Waals surface area contributed by atoms with Crippen molar-refractivity contribution in [1.29, 1.82) is 0 Å². The van der Waals surface area contributed by atoms with E-state index in [9.17, 15) is 18.7 Å². The summed E-state index contributed by atoms with van der Waals surface area (Å²) in [4.78, 5) is 14.9. The van der Waals surface area contributed by atoms with Crippen LogP contribution < -0.4 is 5.32 Å². The molecule has 0 aromatic heterocycles. The lowest BCUT2D eigenvalue weighted by Gasteiger charge is -2.63. The molecule has 3 radical (unpaired) electrons. The van der Waals surface area contributed by atoms with Gasteiger partial charge in [0.25, 0.3) is 0 Å². The summed E-state index contributed by atoms with van der Waals surface area (Å²) in [5.74, 6) is 2.33. The van der Waals surface area contributed by atoms with Gasteiger partial charge in [0.1, 0.15) is 23.8 Å². The molecule has 1 aromatic carbocycles. The van der Waals surface area contributed by atoms with Crippen molar-refractivity contribution in [2.24, 2.45) is 50.7 Å². The normalized spacial score (nSPS) is 44.3. The van der Waals surface area contributed by atoms with Crippen molar-refractivity contribution in [3.05, 3.63) is 53.5 Å². The summed E-state index contributed by atoms with van der Waals surface area (Å²) in [7, 11) is 0. The first-order chi connectivity index (χ1) is 24.7. The van der Waals surface area contributed by atoms with Gasteiger partial charge < -0.3 is 29.5 Å². The Morgan fingerprint density at radius 1 is 1.04 bits per heavy atom. The van der Waals surface area contributed by atoms with Gasteiger partial charge in [0.15, 0.2) is 6.29 Å². The zero-order valence-electron chi connectivity index (χ0n) is 31.9. The van der Waals surface area contributed by atoms with E-state index in [0.717, 1.165) is 56.8 Å². The third kappa shape index (κ3) is 5.28. The number of carbonyl (C=O) groups is 1. The number of fused-ring (bicyclic) bond motifs is 4. The molecule has 6 aliphatic carbocycles. The zero-order valence-corrected chi connectivity index (χ0v) is 31.9. The van der Waals surface area contributed by atoms with Crippen LogP contribution in [0.15, 0.2) is 18.2 Å². The van der Waals surface area contributed by atoms with Crippen molar-refractivity contribution in [1.82, 2.24) is 10.2 Å². The van der Waals surface area contributed by atoms with E-state index in [4.69, 9.17) is 14.2 Å². The molecule has 2 N–H and O–H groups in total. The Balaban J connectivity index is 0.886. The van der Waals surface area contributed by atoms with Gasteiger partial charge in [-0.25, -0.2) is 8.78 Å². The molecule has 9 heteroatoms. The Kier molecular flexibility index (Phi) is 8.61. The number of hydrogen-bond donors (Lipinski definition) is 2. The number of aliphatic hydroxyl groups excluding tert-OH is 1. The molecule has 10 atom stereocenters. The molecule has 2 aliphatic heterocycles. The van der Waals surface area contributed by atoms with Gasteiger partial charge in [-0.1, -0.05) is 34.6 Å². The lowest BCUT2D eigenvalue weighted by Crippen LogP contribution is -2.59. The fourth-order valence-electron chi connectivity index (χ4n) is 13.7. The van der Waals surface area contributed by atoms with Crippen molar-refractivity contribution in [2.75, 3.05) is 26.2 Å². The molecule has 1 unspecified atom stereocenters. The highest BCUT2D eigenvalue weighted by Gasteiger charge is 2.85. The Morgan fingerprint density at radius 2 is 1.81 bits per heavy atom. The number of ether oxygens (including phenoxy) is 3. The number of benzene rings is 1. The van der Waals surface area contributed by atoms with Gasteiger partial charge in [-0.3, -0.25) is 4.79 Å². The monoisotopic (exact) mass is 721 g/mol. The first-order valence-corrected chi connectivity index (χ1v) is 20.4. The number of rotatable bonds is 8. The van der Waals surface area contributed by atoms with Crippen molar-refractivity contribution in [3.8, 4) is 0 Å². The van der Waals surface area contributed by atoms with Crippen LogP contribution in [0.3, 0.4) is 0 Å². The van der Waals surface area contributed by atoms with Crippen molar-refractivity contribution < 1.29 is 32.9 Å². The minimum atomic E-state index is -0.666. The summed E-state index contributed by atoms with van der Waals surface area (Å²) in [6, 6.07) is 3.60. The van der Waals surface area contributed by atoms with Crippen molar-refractivity contribution in [3.63, 3.8) is 0 Å². The summed E-state index contributed by atoms with van der Waals surface area (Å²) in [6.07, 6.45) is 12.4. The second-order valence-corrected chi connectivity index (χ2v) is 19.4. The van der Waals surface area contributed by atoms with Gasteiger partial charge in [-0.15, -0.1) is 0 Å². The maximum atomic E-state index is 13.8. The second-order valence-electron chi connectivity index (χ2n) is 19.4. The van der Waals surface area contributed by atoms with E-state index >= 15 is 0 Å². The average Bonchev–Trinajstić information content (AvgIpc) is 4.01. The number of carbonyl (C=O) groups excluding carboxylic acids is 1. The predicted octanol–water partition coefficient (Wildman–Crippen LogP) is 7.52. The highest BCUT2D eigenvalue weighted by Crippen LogP contribution is 2.90. The zero-order chi connectivity index (χ0) is 36.4. The third-order valence-electron chi connectivity index (χ3n) is 16.5. The molecule has 2 spiro atoms. The maximum Gasteiger partial charge on any atom is 0.223 e. The highest BCUT2D eigenvalue weighted by molar-refractivity contribution is 5.76. The van der Waals surface area contributed by atoms with Gasteiger partial charge >= 0.3 is 0 Å². The van der Waals surface area contributed by atoms with E-state index in [-0.39, 0.29) is 51.3 Å². The van der Waals surface area contributed by atoms with Gasteiger partial charge in [-0.2, -0.15) is 0 Å². The SMILES string of the molecule is C[C@@H]1C[C](CNCc2cc(F)cc(F)c2)O[C]2[C@H]1[C@@]1(C)CC[C@@]34C[C@@]35CCC(O[C@H]3CN(C(=O)CC6CC6)CCO3)C(C)(C)[C@@H]5CC[C]4[C@]1(C)[C@H]2O. The van der Waals surface area contributed by atoms with Gasteiger partial charge in [0.05, 0.1) is 25.4 Å². The molecule has 1 amide bonds. The average molecular weight is 722 g/mol. The molecule has 8 fully saturated rings. The Hall–Kier alpha value is -1.65. The van der Waals surface area contributed by atoms with Crippen LogP contribution in [0.25, 0.3) is 0 Å². The predicted molar refractivity (Wildman–Crippen MR) is 191 cm³/mol. The van der Waals surface area contributed by atoms with E-state index in [2.05, 4.69) is 39.9 Å². The molecule has 52 heavy (non-hydrogen) atoms. The molecule has 1 aromatic rings. The second kappa shape index (κ2) is 12.4. The molecule has 2 saturated heterocycles. The molecule has 8 aliphatic rings. The van der Waals surface area contributed by atoms with E-state index in [1.165, 1.54) is 37.8 Å². The molecule has 2 heterocycles. The number of morpholine rings is 1. The topological polar surface area (TPSA) is 80.3 Å². The summed E-state index contributed by atoms with van der Waals surface area (Å²) < 4.78 is 47.2. The fraction of sp³-hybridized carbons (Fsp3) is 0.767. The Bertz CT molecular complexity index is 1550. The van der Waals surface area contributed by atoms with Crippen molar-refractivity contribution in [2.45, 2.75) is 130 Å². The van der Waals surface area contributed by atoms with Crippen LogP contribution in [0.2, 0.25) is 0 Å². The smallest absolute Gasteiger partial charge is 0.223 e. The van der Waals surface area contributed by atoms with Crippen LogP contribution in [0.1, 0.15) is 111 Å². The molecular formula is C43H59F2N2O5. The summed E-state index contributed by atoms with van der Waals surface area (Å²) in [5.41, 5.74) is 0.487. The number of nitrogens with zero attached hydrogens (tertiary/aromatic N) is 1. The van der Waals surface area contributed by atoms with Gasteiger partial charge in [-0.05, 0) is 127 Å². The number of nitrogens with one attached hydrogen (secondary N) is 1. The van der Waals surface area contributed by atoms with Crippen LogP contribution >= 0.6 is 0 Å². The highest BCUT2D eigenvalue weighted by atomic mass is 19.1. The Morgan fingerprint density at radius 3 is 2.56 bits per heavy atom. The quantitative estimate of drug-likeness (QED) is 0.289. The Labute approximate surface area is 309 Å². The largest absolute Gasteiger partial charge is 0.389 e. The molecule has 285 valence electrons. The minimum absolute atomic E-state index is 0.0264. The summed E-state index contributed by atoms with van der Waals surface area (Å²) in [6.45, 7) is 14.5. The molecule has 0 bridgehead atoms. The standard InChI is InChI=1S/C43H59F2N2O5/c1-25-16-30(22-46-21-27-17-28(44)20-29(45)18-27)51-37-36(25)40(4)12-13-43-24-42(43)11-10-33(39(2,3)31(42)8-9-32(43)41(40,5)38(37)49)52-35-23-47(14-15-50-35)34(48)19-26-6-7-26/h17-18,20,25-26,31,33,35-36,38,46,49H,6-16,19,21-24H2,1-5H3/t25-,31+,33?,35+,36+,38+,40-,41-,42-,43+/m1/s1.